The topological polar surface area (TPSA) is 76.7 Å². The molecule has 0 rings (SSSR count). The van der Waals surface area contributed by atoms with Crippen LogP contribution in [0.25, 0.3) is 0 Å². The van der Waals surface area contributed by atoms with Crippen LogP contribution in [-0.4, -0.2) is 37.0 Å². The van der Waals surface area contributed by atoms with Crippen LogP contribution in [-0.2, 0) is 9.47 Å². The van der Waals surface area contributed by atoms with Gasteiger partial charge in [-0.15, -0.1) is 0 Å². The van der Waals surface area contributed by atoms with Crippen molar-refractivity contribution >= 4 is 12.2 Å². The van der Waals surface area contributed by atoms with E-state index in [1.54, 1.807) is 27.7 Å². The van der Waals surface area contributed by atoms with Gasteiger partial charge in [-0.25, -0.2) is 9.59 Å². The predicted molar refractivity (Wildman–Crippen MR) is 68.4 cm³/mol. The molecule has 0 aromatic heterocycles. The number of amides is 2. The molecule has 0 saturated carbocycles. The molecule has 18 heavy (non-hydrogen) atoms. The van der Waals surface area contributed by atoms with Crippen LogP contribution in [0.3, 0.4) is 0 Å². The van der Waals surface area contributed by atoms with E-state index in [2.05, 4.69) is 17.2 Å². The molecule has 6 nitrogen and oxygen atoms in total. The van der Waals surface area contributed by atoms with Gasteiger partial charge >= 0.3 is 12.2 Å². The van der Waals surface area contributed by atoms with Gasteiger partial charge in [0.2, 0.25) is 0 Å². The Bertz CT molecular complexity index is 297. The SMILES string of the molecule is C=CCOC(=O)NCC(C)NC(=O)OC(C)(C)C. The fourth-order valence-corrected chi connectivity index (χ4v) is 0.982. The smallest absolute Gasteiger partial charge is 0.407 e. The Morgan fingerprint density at radius 3 is 2.44 bits per heavy atom. The Hall–Kier alpha value is -1.72. The highest BCUT2D eigenvalue weighted by Gasteiger charge is 2.17. The van der Waals surface area contributed by atoms with Gasteiger partial charge in [-0.05, 0) is 27.7 Å². The summed E-state index contributed by atoms with van der Waals surface area (Å²) < 4.78 is 9.79. The van der Waals surface area contributed by atoms with Crippen molar-refractivity contribution in [2.45, 2.75) is 39.3 Å². The first-order chi connectivity index (χ1) is 8.24. The number of alkyl carbamates (subject to hydrolysis) is 2. The molecule has 0 fully saturated rings. The summed E-state index contributed by atoms with van der Waals surface area (Å²) in [5.74, 6) is 0. The van der Waals surface area contributed by atoms with Crippen molar-refractivity contribution in [3.63, 3.8) is 0 Å². The fraction of sp³-hybridized carbons (Fsp3) is 0.667. The Balaban J connectivity index is 3.83. The lowest BCUT2D eigenvalue weighted by molar-refractivity contribution is 0.0507. The summed E-state index contributed by atoms with van der Waals surface area (Å²) in [5, 5.41) is 5.10. The lowest BCUT2D eigenvalue weighted by atomic mass is 10.2. The quantitative estimate of drug-likeness (QED) is 0.737. The molecule has 0 saturated heterocycles. The summed E-state index contributed by atoms with van der Waals surface area (Å²) in [5.41, 5.74) is -0.542. The maximum Gasteiger partial charge on any atom is 0.407 e. The first-order valence-corrected chi connectivity index (χ1v) is 5.75. The molecule has 0 aliphatic carbocycles. The zero-order valence-corrected chi connectivity index (χ0v) is 11.4. The van der Waals surface area contributed by atoms with Crippen molar-refractivity contribution in [1.29, 1.82) is 0 Å². The van der Waals surface area contributed by atoms with Gasteiger partial charge in [0.05, 0.1) is 0 Å². The van der Waals surface area contributed by atoms with E-state index in [0.717, 1.165) is 0 Å². The van der Waals surface area contributed by atoms with Crippen LogP contribution in [0.2, 0.25) is 0 Å². The number of carbonyl (C=O) groups is 2. The van der Waals surface area contributed by atoms with Gasteiger partial charge in [-0.1, -0.05) is 12.7 Å². The molecular weight excluding hydrogens is 236 g/mol. The maximum absolute atomic E-state index is 11.4. The number of rotatable bonds is 5. The number of carbonyl (C=O) groups excluding carboxylic acids is 2. The molecule has 0 heterocycles. The monoisotopic (exact) mass is 258 g/mol. The number of hydrogen-bond acceptors (Lipinski definition) is 4. The molecule has 0 spiro atoms. The number of ether oxygens (including phenoxy) is 2. The van der Waals surface area contributed by atoms with E-state index in [1.807, 2.05) is 0 Å². The third-order valence-corrected chi connectivity index (χ3v) is 1.65. The van der Waals surface area contributed by atoms with Crippen LogP contribution >= 0.6 is 0 Å². The second-order valence-electron chi connectivity index (χ2n) is 4.82. The second kappa shape index (κ2) is 7.58. The molecule has 0 radical (unpaired) electrons. The van der Waals surface area contributed by atoms with Gasteiger partial charge in [-0.3, -0.25) is 0 Å². The van der Waals surface area contributed by atoms with Gasteiger partial charge in [-0.2, -0.15) is 0 Å². The number of hydrogen-bond donors (Lipinski definition) is 2. The molecule has 0 aliphatic rings. The standard InChI is InChI=1S/C12H22N2O4/c1-6-7-17-10(15)13-8-9(2)14-11(16)18-12(3,4)5/h6,9H,1,7-8H2,2-5H3,(H,13,15)(H,14,16). The molecule has 2 N–H and O–H groups in total. The zero-order chi connectivity index (χ0) is 14.2. The van der Waals surface area contributed by atoms with Crippen LogP contribution in [0.1, 0.15) is 27.7 Å². The first-order valence-electron chi connectivity index (χ1n) is 5.75. The molecular formula is C12H22N2O4. The van der Waals surface area contributed by atoms with Gasteiger partial charge in [0.15, 0.2) is 0 Å². The van der Waals surface area contributed by atoms with E-state index in [1.165, 1.54) is 6.08 Å². The van der Waals surface area contributed by atoms with Crippen molar-refractivity contribution in [3.05, 3.63) is 12.7 Å². The van der Waals surface area contributed by atoms with Crippen LogP contribution in [0.4, 0.5) is 9.59 Å². The van der Waals surface area contributed by atoms with Gasteiger partial charge in [0.25, 0.3) is 0 Å². The number of nitrogens with one attached hydrogen (secondary N) is 2. The summed E-state index contributed by atoms with van der Waals surface area (Å²) in [6, 6.07) is -0.254. The van der Waals surface area contributed by atoms with E-state index in [0.29, 0.717) is 0 Å². The molecule has 1 atom stereocenters. The second-order valence-corrected chi connectivity index (χ2v) is 4.82. The normalized spacial score (nSPS) is 12.2. The summed E-state index contributed by atoms with van der Waals surface area (Å²) in [6.07, 6.45) is 0.408. The minimum atomic E-state index is -0.548. The minimum absolute atomic E-state index is 0.152. The van der Waals surface area contributed by atoms with E-state index in [4.69, 9.17) is 9.47 Å². The van der Waals surface area contributed by atoms with E-state index in [-0.39, 0.29) is 19.2 Å². The van der Waals surface area contributed by atoms with Crippen LogP contribution in [0, 0.1) is 0 Å². The Labute approximate surface area is 108 Å². The fourth-order valence-electron chi connectivity index (χ4n) is 0.982. The third-order valence-electron chi connectivity index (χ3n) is 1.65. The summed E-state index contributed by atoms with van der Waals surface area (Å²) >= 11 is 0. The van der Waals surface area contributed by atoms with Gasteiger partial charge < -0.3 is 20.1 Å². The molecule has 6 heteroatoms. The highest BCUT2D eigenvalue weighted by atomic mass is 16.6. The molecule has 0 aromatic rings. The molecule has 0 bridgehead atoms. The summed E-state index contributed by atoms with van der Waals surface area (Å²) in [6.45, 7) is 10.9. The average Bonchev–Trinajstić information content (AvgIpc) is 2.20. The largest absolute Gasteiger partial charge is 0.445 e. The van der Waals surface area contributed by atoms with Crippen LogP contribution in [0.5, 0.6) is 0 Å². The molecule has 0 aliphatic heterocycles. The van der Waals surface area contributed by atoms with Crippen molar-refractivity contribution in [2.24, 2.45) is 0 Å². The molecule has 2 amide bonds. The summed E-state index contributed by atoms with van der Waals surface area (Å²) in [7, 11) is 0. The average molecular weight is 258 g/mol. The van der Waals surface area contributed by atoms with Gasteiger partial charge in [0, 0.05) is 12.6 Å². The van der Waals surface area contributed by atoms with E-state index < -0.39 is 17.8 Å². The van der Waals surface area contributed by atoms with Gasteiger partial charge in [0.1, 0.15) is 12.2 Å². The van der Waals surface area contributed by atoms with E-state index in [9.17, 15) is 9.59 Å². The molecule has 0 aromatic carbocycles. The van der Waals surface area contributed by atoms with Crippen molar-refractivity contribution in [3.8, 4) is 0 Å². The highest BCUT2D eigenvalue weighted by molar-refractivity contribution is 5.69. The molecule has 104 valence electrons. The Morgan fingerprint density at radius 1 is 1.33 bits per heavy atom. The lowest BCUT2D eigenvalue weighted by Crippen LogP contribution is -2.44. The Kier molecular flexibility index (Phi) is 6.85. The van der Waals surface area contributed by atoms with Crippen LogP contribution < -0.4 is 10.6 Å². The Morgan fingerprint density at radius 2 is 1.94 bits per heavy atom. The van der Waals surface area contributed by atoms with Crippen molar-refractivity contribution in [1.82, 2.24) is 10.6 Å². The highest BCUT2D eigenvalue weighted by Crippen LogP contribution is 2.06. The first kappa shape index (κ1) is 16.3. The minimum Gasteiger partial charge on any atom is -0.445 e. The van der Waals surface area contributed by atoms with Crippen molar-refractivity contribution in [2.75, 3.05) is 13.2 Å². The van der Waals surface area contributed by atoms with E-state index >= 15 is 0 Å². The van der Waals surface area contributed by atoms with Crippen LogP contribution in [0.15, 0.2) is 12.7 Å². The predicted octanol–water partition coefficient (Wildman–Crippen LogP) is 1.81. The maximum atomic E-state index is 11.4. The zero-order valence-electron chi connectivity index (χ0n) is 11.4. The third kappa shape index (κ3) is 9.50. The lowest BCUT2D eigenvalue weighted by Gasteiger charge is -2.22. The molecule has 1 unspecified atom stereocenters. The summed E-state index contributed by atoms with van der Waals surface area (Å²) in [4.78, 5) is 22.5. The van der Waals surface area contributed by atoms with Crippen molar-refractivity contribution < 1.29 is 19.1 Å².